The smallest absolute Gasteiger partial charge is 0.221 e. The summed E-state index contributed by atoms with van der Waals surface area (Å²) in [7, 11) is 1.62. The molecule has 3 N–H and O–H groups in total. The second-order valence-electron chi connectivity index (χ2n) is 3.33. The number of nitrogens with two attached hydrogens (primary N) is 1. The lowest BCUT2D eigenvalue weighted by molar-refractivity contribution is -0.121. The molecule has 0 aliphatic rings. The molecule has 15 heavy (non-hydrogen) atoms. The highest BCUT2D eigenvalue weighted by molar-refractivity contribution is 5.76. The summed E-state index contributed by atoms with van der Waals surface area (Å²) in [6.45, 7) is 4.14. The summed E-state index contributed by atoms with van der Waals surface area (Å²) in [5.74, 6) is -0.0142. The fourth-order valence-electron chi connectivity index (χ4n) is 0.962. The van der Waals surface area contributed by atoms with Gasteiger partial charge in [0.25, 0.3) is 0 Å². The molecule has 0 aromatic carbocycles. The van der Waals surface area contributed by atoms with Gasteiger partial charge in [-0.1, -0.05) is 6.92 Å². The molecule has 0 bridgehead atoms. The molecule has 1 unspecified atom stereocenters. The number of carbonyl (C=O) groups is 1. The van der Waals surface area contributed by atoms with E-state index in [4.69, 9.17) is 15.2 Å². The molecule has 0 aromatic rings. The van der Waals surface area contributed by atoms with Crippen LogP contribution in [0.5, 0.6) is 0 Å². The zero-order valence-electron chi connectivity index (χ0n) is 9.62. The molecule has 1 amide bonds. The van der Waals surface area contributed by atoms with Gasteiger partial charge in [-0.05, 0) is 6.42 Å². The van der Waals surface area contributed by atoms with Gasteiger partial charge in [-0.3, -0.25) is 4.79 Å². The first-order valence-corrected chi connectivity index (χ1v) is 5.29. The Balaban J connectivity index is 3.24. The number of amides is 1. The summed E-state index contributed by atoms with van der Waals surface area (Å²) in [6.07, 6.45) is 1.20. The Morgan fingerprint density at radius 2 is 2.13 bits per heavy atom. The van der Waals surface area contributed by atoms with Crippen molar-refractivity contribution in [1.82, 2.24) is 5.32 Å². The number of carbonyl (C=O) groups excluding carboxylic acids is 1. The zero-order chi connectivity index (χ0) is 11.5. The van der Waals surface area contributed by atoms with Crippen molar-refractivity contribution in [2.24, 2.45) is 5.73 Å². The molecule has 0 saturated carbocycles. The number of hydrogen-bond acceptors (Lipinski definition) is 4. The van der Waals surface area contributed by atoms with Crippen molar-refractivity contribution in [3.05, 3.63) is 0 Å². The first-order chi connectivity index (χ1) is 7.20. The van der Waals surface area contributed by atoms with Gasteiger partial charge in [0.05, 0.1) is 19.8 Å². The predicted octanol–water partition coefficient (Wildman–Crippen LogP) is -0.107. The van der Waals surface area contributed by atoms with Crippen LogP contribution in [0.15, 0.2) is 0 Å². The van der Waals surface area contributed by atoms with Crippen LogP contribution in [-0.2, 0) is 14.3 Å². The second kappa shape index (κ2) is 9.89. The van der Waals surface area contributed by atoms with Crippen molar-refractivity contribution in [3.8, 4) is 0 Å². The van der Waals surface area contributed by atoms with Crippen molar-refractivity contribution in [1.29, 1.82) is 0 Å². The van der Waals surface area contributed by atoms with Crippen molar-refractivity contribution < 1.29 is 14.3 Å². The molecule has 0 aliphatic heterocycles. The van der Waals surface area contributed by atoms with Gasteiger partial charge in [0, 0.05) is 26.1 Å². The number of nitrogens with one attached hydrogen (secondary N) is 1. The van der Waals surface area contributed by atoms with E-state index in [0.29, 0.717) is 32.8 Å². The number of ether oxygens (including phenoxy) is 2. The molecule has 0 aliphatic carbocycles. The number of hydrogen-bond donors (Lipinski definition) is 2. The molecular formula is C10H22N2O3. The SMILES string of the molecule is CCC(N)CC(=O)NCCOCCOC. The van der Waals surface area contributed by atoms with E-state index in [9.17, 15) is 4.79 Å². The lowest BCUT2D eigenvalue weighted by Crippen LogP contribution is -2.33. The Kier molecular flexibility index (Phi) is 9.46. The van der Waals surface area contributed by atoms with Crippen LogP contribution in [0.2, 0.25) is 0 Å². The van der Waals surface area contributed by atoms with Crippen LogP contribution < -0.4 is 11.1 Å². The minimum atomic E-state index is -0.0422. The highest BCUT2D eigenvalue weighted by Crippen LogP contribution is 1.92. The lowest BCUT2D eigenvalue weighted by atomic mass is 10.1. The van der Waals surface area contributed by atoms with Crippen molar-refractivity contribution in [3.63, 3.8) is 0 Å². The van der Waals surface area contributed by atoms with Gasteiger partial charge in [0.2, 0.25) is 5.91 Å². The monoisotopic (exact) mass is 218 g/mol. The first kappa shape index (κ1) is 14.3. The molecule has 0 heterocycles. The van der Waals surface area contributed by atoms with E-state index in [0.717, 1.165) is 6.42 Å². The normalized spacial score (nSPS) is 12.5. The topological polar surface area (TPSA) is 73.6 Å². The van der Waals surface area contributed by atoms with Crippen LogP contribution in [0.25, 0.3) is 0 Å². The standard InChI is InChI=1S/C10H22N2O3/c1-3-9(11)8-10(13)12-4-5-15-7-6-14-2/h9H,3-8,11H2,1-2H3,(H,12,13). The van der Waals surface area contributed by atoms with E-state index in [-0.39, 0.29) is 11.9 Å². The highest BCUT2D eigenvalue weighted by atomic mass is 16.5. The van der Waals surface area contributed by atoms with E-state index in [1.807, 2.05) is 6.92 Å². The molecule has 1 atom stereocenters. The third-order valence-electron chi connectivity index (χ3n) is 1.97. The minimum Gasteiger partial charge on any atom is -0.382 e. The molecule has 5 nitrogen and oxygen atoms in total. The fraction of sp³-hybridized carbons (Fsp3) is 0.900. The maximum atomic E-state index is 11.2. The van der Waals surface area contributed by atoms with Gasteiger partial charge < -0.3 is 20.5 Å². The number of rotatable bonds is 9. The van der Waals surface area contributed by atoms with Crippen LogP contribution >= 0.6 is 0 Å². The Labute approximate surface area is 91.3 Å². The van der Waals surface area contributed by atoms with Crippen LogP contribution in [0.1, 0.15) is 19.8 Å². The maximum absolute atomic E-state index is 11.2. The highest BCUT2D eigenvalue weighted by Gasteiger charge is 2.06. The van der Waals surface area contributed by atoms with E-state index < -0.39 is 0 Å². The molecular weight excluding hydrogens is 196 g/mol. The van der Waals surface area contributed by atoms with Crippen molar-refractivity contribution in [2.75, 3.05) is 33.5 Å². The summed E-state index contributed by atoms with van der Waals surface area (Å²) in [5, 5.41) is 2.74. The number of methoxy groups -OCH3 is 1. The largest absolute Gasteiger partial charge is 0.382 e. The molecule has 0 spiro atoms. The van der Waals surface area contributed by atoms with Crippen LogP contribution in [-0.4, -0.2) is 45.4 Å². The molecule has 0 fully saturated rings. The Morgan fingerprint density at radius 1 is 1.40 bits per heavy atom. The van der Waals surface area contributed by atoms with E-state index >= 15 is 0 Å². The quantitative estimate of drug-likeness (QED) is 0.530. The third kappa shape index (κ3) is 9.65. The summed E-state index contributed by atoms with van der Waals surface area (Å²) in [6, 6.07) is -0.0422. The summed E-state index contributed by atoms with van der Waals surface area (Å²) < 4.78 is 9.99. The van der Waals surface area contributed by atoms with Gasteiger partial charge in [0.15, 0.2) is 0 Å². The van der Waals surface area contributed by atoms with Crippen LogP contribution in [0.4, 0.5) is 0 Å². The summed E-state index contributed by atoms with van der Waals surface area (Å²) in [4.78, 5) is 11.2. The Bertz CT molecular complexity index is 165. The summed E-state index contributed by atoms with van der Waals surface area (Å²) in [5.41, 5.74) is 5.64. The second-order valence-corrected chi connectivity index (χ2v) is 3.33. The first-order valence-electron chi connectivity index (χ1n) is 5.29. The summed E-state index contributed by atoms with van der Waals surface area (Å²) >= 11 is 0. The van der Waals surface area contributed by atoms with E-state index in [1.54, 1.807) is 7.11 Å². The minimum absolute atomic E-state index is 0.0142. The zero-order valence-corrected chi connectivity index (χ0v) is 9.62. The van der Waals surface area contributed by atoms with Gasteiger partial charge in [0.1, 0.15) is 0 Å². The Hall–Kier alpha value is -0.650. The van der Waals surface area contributed by atoms with Gasteiger partial charge in [-0.15, -0.1) is 0 Å². The molecule has 90 valence electrons. The van der Waals surface area contributed by atoms with E-state index in [2.05, 4.69) is 5.32 Å². The van der Waals surface area contributed by atoms with Crippen molar-refractivity contribution in [2.45, 2.75) is 25.8 Å². The fourth-order valence-corrected chi connectivity index (χ4v) is 0.962. The average Bonchev–Trinajstić information content (AvgIpc) is 2.23. The molecule has 5 heteroatoms. The van der Waals surface area contributed by atoms with Crippen molar-refractivity contribution >= 4 is 5.91 Å². The van der Waals surface area contributed by atoms with Gasteiger partial charge in [-0.25, -0.2) is 0 Å². The van der Waals surface area contributed by atoms with Crippen LogP contribution in [0, 0.1) is 0 Å². The van der Waals surface area contributed by atoms with Gasteiger partial charge >= 0.3 is 0 Å². The maximum Gasteiger partial charge on any atom is 0.221 e. The van der Waals surface area contributed by atoms with Gasteiger partial charge in [-0.2, -0.15) is 0 Å². The molecule has 0 rings (SSSR count). The van der Waals surface area contributed by atoms with E-state index in [1.165, 1.54) is 0 Å². The molecule has 0 saturated heterocycles. The average molecular weight is 218 g/mol. The third-order valence-corrected chi connectivity index (χ3v) is 1.97. The predicted molar refractivity (Wildman–Crippen MR) is 58.6 cm³/mol. The van der Waals surface area contributed by atoms with Crippen LogP contribution in [0.3, 0.4) is 0 Å². The molecule has 0 aromatic heterocycles. The molecule has 0 radical (unpaired) electrons. The lowest BCUT2D eigenvalue weighted by Gasteiger charge is -2.09. The Morgan fingerprint density at radius 3 is 2.73 bits per heavy atom.